The Hall–Kier alpha value is -1.93. The lowest BCUT2D eigenvalue weighted by molar-refractivity contribution is -0.136. The van der Waals surface area contributed by atoms with Crippen molar-refractivity contribution in [1.82, 2.24) is 0 Å². The molecule has 2 aromatic carbocycles. The summed E-state index contributed by atoms with van der Waals surface area (Å²) in [6.07, 6.45) is 0. The first kappa shape index (κ1) is 16.4. The number of ether oxygens (including phenoxy) is 2. The van der Waals surface area contributed by atoms with Crippen LogP contribution < -0.4 is 9.47 Å². The quantitative estimate of drug-likeness (QED) is 0.597. The number of nitriles is 1. The molecule has 0 saturated carbocycles. The van der Waals surface area contributed by atoms with E-state index in [1.54, 1.807) is 24.3 Å². The highest BCUT2D eigenvalue weighted by molar-refractivity contribution is 6.40. The fourth-order valence-corrected chi connectivity index (χ4v) is 2.49. The van der Waals surface area contributed by atoms with Crippen LogP contribution in [0.1, 0.15) is 5.56 Å². The maximum atomic E-state index is 11.8. The molecule has 0 atom stereocenters. The van der Waals surface area contributed by atoms with Gasteiger partial charge in [0.1, 0.15) is 11.8 Å². The van der Waals surface area contributed by atoms with Crippen molar-refractivity contribution >= 4 is 40.8 Å². The van der Waals surface area contributed by atoms with Crippen molar-refractivity contribution in [3.05, 3.63) is 57.0 Å². The molecule has 0 aromatic heterocycles. The fourth-order valence-electron chi connectivity index (χ4n) is 1.59. The minimum atomic E-state index is -0.709. The number of halogens is 3. The number of carbonyl (C=O) groups is 1. The van der Waals surface area contributed by atoms with Crippen LogP contribution in [0.2, 0.25) is 15.1 Å². The molecule has 0 radical (unpaired) electrons. The van der Waals surface area contributed by atoms with Crippen molar-refractivity contribution in [2.75, 3.05) is 6.61 Å². The Morgan fingerprint density at radius 2 is 1.77 bits per heavy atom. The van der Waals surface area contributed by atoms with Gasteiger partial charge in [0.05, 0.1) is 15.6 Å². The molecule has 112 valence electrons. The molecule has 0 bridgehead atoms. The monoisotopic (exact) mass is 355 g/mol. The van der Waals surface area contributed by atoms with Gasteiger partial charge in [0.25, 0.3) is 0 Å². The molecular formula is C15H8Cl3NO3. The summed E-state index contributed by atoms with van der Waals surface area (Å²) in [5, 5.41) is 9.48. The minimum absolute atomic E-state index is 0.00917. The molecule has 0 unspecified atom stereocenters. The van der Waals surface area contributed by atoms with Gasteiger partial charge in [0, 0.05) is 5.02 Å². The highest BCUT2D eigenvalue weighted by Gasteiger charge is 2.15. The Morgan fingerprint density at radius 1 is 1.14 bits per heavy atom. The standard InChI is InChI=1S/C15H8Cl3NO3/c16-10-5-11(17)15(12(18)6-10)22-14(20)8-21-13-4-2-1-3-9(13)7-19/h1-6H,8H2. The normalized spacial score (nSPS) is 9.91. The second kappa shape index (κ2) is 7.37. The fraction of sp³-hybridized carbons (Fsp3) is 0.0667. The summed E-state index contributed by atoms with van der Waals surface area (Å²) in [7, 11) is 0. The summed E-state index contributed by atoms with van der Waals surface area (Å²) in [6, 6.07) is 11.3. The Bertz CT molecular complexity index is 733. The number of benzene rings is 2. The van der Waals surface area contributed by atoms with E-state index in [1.807, 2.05) is 6.07 Å². The number of esters is 1. The molecule has 0 heterocycles. The Balaban J connectivity index is 2.04. The summed E-state index contributed by atoms with van der Waals surface area (Å²) in [5.74, 6) is -0.413. The molecule has 0 aliphatic heterocycles. The van der Waals surface area contributed by atoms with Gasteiger partial charge in [-0.05, 0) is 24.3 Å². The van der Waals surface area contributed by atoms with E-state index in [9.17, 15) is 4.79 Å². The van der Waals surface area contributed by atoms with Crippen LogP contribution in [0.4, 0.5) is 0 Å². The molecule has 0 aliphatic rings. The number of nitrogens with zero attached hydrogens (tertiary/aromatic N) is 1. The topological polar surface area (TPSA) is 59.3 Å². The SMILES string of the molecule is N#Cc1ccccc1OCC(=O)Oc1c(Cl)cc(Cl)cc1Cl. The zero-order chi connectivity index (χ0) is 16.1. The maximum absolute atomic E-state index is 11.8. The van der Waals surface area contributed by atoms with E-state index in [-0.39, 0.29) is 21.5 Å². The Kier molecular flexibility index (Phi) is 5.51. The van der Waals surface area contributed by atoms with Gasteiger partial charge in [-0.25, -0.2) is 4.79 Å². The number of hydrogen-bond donors (Lipinski definition) is 0. The van der Waals surface area contributed by atoms with Gasteiger partial charge in [-0.1, -0.05) is 46.9 Å². The minimum Gasteiger partial charge on any atom is -0.481 e. The predicted octanol–water partition coefficient (Wildman–Crippen LogP) is 4.50. The summed E-state index contributed by atoms with van der Waals surface area (Å²) in [4.78, 5) is 11.8. The zero-order valence-electron chi connectivity index (χ0n) is 11.0. The van der Waals surface area contributed by atoms with Gasteiger partial charge in [-0.15, -0.1) is 0 Å². The van der Waals surface area contributed by atoms with Crippen molar-refractivity contribution in [2.24, 2.45) is 0 Å². The van der Waals surface area contributed by atoms with Crippen molar-refractivity contribution in [3.63, 3.8) is 0 Å². The average Bonchev–Trinajstić information content (AvgIpc) is 2.49. The van der Waals surface area contributed by atoms with Crippen LogP contribution in [0.15, 0.2) is 36.4 Å². The largest absolute Gasteiger partial charge is 0.481 e. The second-order valence-electron chi connectivity index (χ2n) is 4.07. The second-order valence-corrected chi connectivity index (χ2v) is 5.32. The van der Waals surface area contributed by atoms with Crippen LogP contribution >= 0.6 is 34.8 Å². The van der Waals surface area contributed by atoms with E-state index >= 15 is 0 Å². The van der Waals surface area contributed by atoms with Crippen molar-refractivity contribution < 1.29 is 14.3 Å². The number of carbonyl (C=O) groups excluding carboxylic acids is 1. The number of rotatable bonds is 4. The van der Waals surface area contributed by atoms with E-state index in [4.69, 9.17) is 49.5 Å². The van der Waals surface area contributed by atoms with E-state index < -0.39 is 12.6 Å². The van der Waals surface area contributed by atoms with Crippen LogP contribution in [0.5, 0.6) is 11.5 Å². The Labute approximate surface area is 141 Å². The molecule has 2 rings (SSSR count). The molecule has 22 heavy (non-hydrogen) atoms. The molecule has 2 aromatic rings. The summed E-state index contributed by atoms with van der Waals surface area (Å²) in [5.41, 5.74) is 0.317. The summed E-state index contributed by atoms with van der Waals surface area (Å²) in [6.45, 7) is -0.395. The van der Waals surface area contributed by atoms with Gasteiger partial charge >= 0.3 is 5.97 Å². The van der Waals surface area contributed by atoms with Crippen LogP contribution in [0.3, 0.4) is 0 Å². The molecule has 0 spiro atoms. The van der Waals surface area contributed by atoms with E-state index in [0.717, 1.165) is 0 Å². The highest BCUT2D eigenvalue weighted by atomic mass is 35.5. The number of hydrogen-bond acceptors (Lipinski definition) is 4. The van der Waals surface area contributed by atoms with E-state index in [2.05, 4.69) is 0 Å². The highest BCUT2D eigenvalue weighted by Crippen LogP contribution is 2.35. The first-order chi connectivity index (χ1) is 10.5. The molecule has 7 heteroatoms. The molecule has 0 N–H and O–H groups in total. The van der Waals surface area contributed by atoms with Gasteiger partial charge in [0.2, 0.25) is 0 Å². The van der Waals surface area contributed by atoms with Gasteiger partial charge < -0.3 is 9.47 Å². The smallest absolute Gasteiger partial charge is 0.349 e. The molecule has 0 saturated heterocycles. The van der Waals surface area contributed by atoms with Crippen molar-refractivity contribution in [2.45, 2.75) is 0 Å². The Morgan fingerprint density at radius 3 is 2.41 bits per heavy atom. The van der Waals surface area contributed by atoms with Crippen LogP contribution in [0.25, 0.3) is 0 Å². The van der Waals surface area contributed by atoms with Crippen molar-refractivity contribution in [3.8, 4) is 17.6 Å². The zero-order valence-corrected chi connectivity index (χ0v) is 13.2. The molecule has 0 fully saturated rings. The van der Waals surface area contributed by atoms with Crippen molar-refractivity contribution in [1.29, 1.82) is 5.26 Å². The lowest BCUT2D eigenvalue weighted by Crippen LogP contribution is -2.18. The number of para-hydroxylation sites is 1. The summed E-state index contributed by atoms with van der Waals surface area (Å²) >= 11 is 17.6. The van der Waals surface area contributed by atoms with Crippen LogP contribution in [-0.4, -0.2) is 12.6 Å². The third kappa shape index (κ3) is 4.05. The van der Waals surface area contributed by atoms with Gasteiger partial charge in [0.15, 0.2) is 12.4 Å². The molecule has 0 amide bonds. The average molecular weight is 357 g/mol. The van der Waals surface area contributed by atoms with Crippen LogP contribution in [-0.2, 0) is 4.79 Å². The molecule has 0 aliphatic carbocycles. The molecular weight excluding hydrogens is 349 g/mol. The van der Waals surface area contributed by atoms with Gasteiger partial charge in [-0.3, -0.25) is 0 Å². The lowest BCUT2D eigenvalue weighted by atomic mass is 10.2. The summed E-state index contributed by atoms with van der Waals surface area (Å²) < 4.78 is 10.3. The third-order valence-corrected chi connectivity index (χ3v) is 3.31. The first-order valence-corrected chi connectivity index (χ1v) is 7.12. The third-order valence-electron chi connectivity index (χ3n) is 2.53. The predicted molar refractivity (Wildman–Crippen MR) is 83.8 cm³/mol. The van der Waals surface area contributed by atoms with Crippen LogP contribution in [0, 0.1) is 11.3 Å². The lowest BCUT2D eigenvalue weighted by Gasteiger charge is -2.10. The first-order valence-electron chi connectivity index (χ1n) is 5.98. The molecule has 4 nitrogen and oxygen atoms in total. The maximum Gasteiger partial charge on any atom is 0.349 e. The van der Waals surface area contributed by atoms with Gasteiger partial charge in [-0.2, -0.15) is 5.26 Å². The van der Waals surface area contributed by atoms with E-state index in [1.165, 1.54) is 12.1 Å². The van der Waals surface area contributed by atoms with E-state index in [0.29, 0.717) is 10.6 Å².